The summed E-state index contributed by atoms with van der Waals surface area (Å²) < 4.78 is 56.6. The first-order valence-corrected chi connectivity index (χ1v) is 10.6. The normalized spacial score (nSPS) is 10.4. The van der Waals surface area contributed by atoms with Crippen molar-refractivity contribution >= 4 is 51.9 Å². The smallest absolute Gasteiger partial charge is 0.258 e. The van der Waals surface area contributed by atoms with Crippen LogP contribution in [-0.4, -0.2) is 32.3 Å². The van der Waals surface area contributed by atoms with Crippen molar-refractivity contribution in [2.45, 2.75) is 0 Å². The Hall–Kier alpha value is -3.70. The highest BCUT2D eigenvalue weighted by Crippen LogP contribution is 2.36. The molecule has 184 valence electrons. The molecule has 1 amide bonds. The first kappa shape index (κ1) is 25.9. The Morgan fingerprint density at radius 2 is 1.43 bits per heavy atom. The molecule has 3 aromatic carbocycles. The van der Waals surface area contributed by atoms with Crippen LogP contribution >= 0.6 is 23.8 Å². The van der Waals surface area contributed by atoms with Crippen molar-refractivity contribution in [2.24, 2.45) is 0 Å². The summed E-state index contributed by atoms with van der Waals surface area (Å²) in [6.45, 7) is 0. The zero-order chi connectivity index (χ0) is 25.7. The Morgan fingerprint density at radius 1 is 0.829 bits per heavy atom. The van der Waals surface area contributed by atoms with Crippen LogP contribution in [0.2, 0.25) is 5.02 Å². The van der Waals surface area contributed by atoms with Crippen LogP contribution < -0.4 is 30.2 Å². The summed E-state index contributed by atoms with van der Waals surface area (Å²) in [6.07, 6.45) is 0. The van der Waals surface area contributed by atoms with Gasteiger partial charge in [0.15, 0.2) is 22.5 Å². The number of ether oxygens (including phenoxy) is 3. The van der Waals surface area contributed by atoms with Crippen molar-refractivity contribution in [3.8, 4) is 17.2 Å². The highest BCUT2D eigenvalue weighted by Gasteiger charge is 2.23. The van der Waals surface area contributed by atoms with Crippen molar-refractivity contribution in [3.63, 3.8) is 0 Å². The van der Waals surface area contributed by atoms with Crippen molar-refractivity contribution < 1.29 is 32.2 Å². The number of methoxy groups -OCH3 is 3. The van der Waals surface area contributed by atoms with Crippen LogP contribution in [0.4, 0.5) is 30.2 Å². The number of amides is 1. The lowest BCUT2D eigenvalue weighted by atomic mass is 10.1. The zero-order valence-corrected chi connectivity index (χ0v) is 20.2. The van der Waals surface area contributed by atoms with E-state index < -0.39 is 34.7 Å². The summed E-state index contributed by atoms with van der Waals surface area (Å²) in [5.74, 6) is -5.32. The Labute approximate surface area is 209 Å². The molecule has 0 aliphatic rings. The second kappa shape index (κ2) is 11.2. The third-order valence-electron chi connectivity index (χ3n) is 4.69. The van der Waals surface area contributed by atoms with E-state index in [1.807, 2.05) is 0 Å². The van der Waals surface area contributed by atoms with Gasteiger partial charge in [-0.25, -0.2) is 8.78 Å². The molecular formula is C23H19ClF3N3O4S. The number of thiocarbonyl (C=S) groups is 1. The number of halogens is 4. The summed E-state index contributed by atoms with van der Waals surface area (Å²) in [7, 11) is 3.93. The summed E-state index contributed by atoms with van der Waals surface area (Å²) >= 11 is 11.5. The van der Waals surface area contributed by atoms with E-state index in [9.17, 15) is 18.0 Å². The van der Waals surface area contributed by atoms with E-state index in [0.29, 0.717) is 34.0 Å². The minimum atomic E-state index is -1.52. The summed E-state index contributed by atoms with van der Waals surface area (Å²) in [5.41, 5.74) is 0.620. The van der Waals surface area contributed by atoms with E-state index >= 15 is 0 Å². The first-order chi connectivity index (χ1) is 16.7. The van der Waals surface area contributed by atoms with E-state index in [4.69, 9.17) is 33.3 Å². The number of carbonyl (C=O) groups is 1. The van der Waals surface area contributed by atoms with Crippen molar-refractivity contribution in [1.82, 2.24) is 0 Å². The van der Waals surface area contributed by atoms with E-state index in [-0.39, 0.29) is 10.8 Å². The Morgan fingerprint density at radius 3 is 2.00 bits per heavy atom. The van der Waals surface area contributed by atoms with Crippen molar-refractivity contribution in [3.05, 3.63) is 70.5 Å². The van der Waals surface area contributed by atoms with E-state index in [1.165, 1.54) is 26.4 Å². The van der Waals surface area contributed by atoms with Crippen LogP contribution in [0.15, 0.2) is 42.5 Å². The topological polar surface area (TPSA) is 80.9 Å². The lowest BCUT2D eigenvalue weighted by molar-refractivity contribution is 0.102. The average Bonchev–Trinajstić information content (AvgIpc) is 2.83. The number of hydrogen-bond acceptors (Lipinski definition) is 5. The van der Waals surface area contributed by atoms with Gasteiger partial charge in [-0.15, -0.1) is 0 Å². The summed E-state index contributed by atoms with van der Waals surface area (Å²) in [6, 6.07) is 9.84. The molecule has 0 aliphatic heterocycles. The number of carbonyl (C=O) groups excluding carboxylic acids is 1. The first-order valence-electron chi connectivity index (χ1n) is 9.80. The molecule has 3 rings (SSSR count). The molecular weight excluding hydrogens is 507 g/mol. The number of anilines is 3. The molecule has 0 saturated heterocycles. The average molecular weight is 526 g/mol. The summed E-state index contributed by atoms with van der Waals surface area (Å²) in [4.78, 5) is 12.4. The lowest BCUT2D eigenvalue weighted by Gasteiger charge is -2.15. The molecule has 0 bridgehead atoms. The number of nitrogens with one attached hydrogen (secondary N) is 3. The maximum atomic E-state index is 14.3. The summed E-state index contributed by atoms with van der Waals surface area (Å²) in [5, 5.41) is 8.89. The molecule has 3 aromatic rings. The fourth-order valence-electron chi connectivity index (χ4n) is 3.00. The third-order valence-corrected chi connectivity index (χ3v) is 5.19. The van der Waals surface area contributed by atoms with Gasteiger partial charge in [0.1, 0.15) is 11.5 Å². The maximum absolute atomic E-state index is 14.3. The van der Waals surface area contributed by atoms with Crippen LogP contribution in [-0.2, 0) is 0 Å². The number of benzene rings is 3. The molecule has 35 heavy (non-hydrogen) atoms. The second-order valence-electron chi connectivity index (χ2n) is 6.86. The molecule has 0 spiro atoms. The highest BCUT2D eigenvalue weighted by molar-refractivity contribution is 7.80. The largest absolute Gasteiger partial charge is 0.495 e. The van der Waals surface area contributed by atoms with Gasteiger partial charge in [0.25, 0.3) is 5.91 Å². The third kappa shape index (κ3) is 5.87. The van der Waals surface area contributed by atoms with Crippen molar-refractivity contribution in [2.75, 3.05) is 37.3 Å². The lowest BCUT2D eigenvalue weighted by Crippen LogP contribution is -2.19. The molecule has 0 atom stereocenters. The number of rotatable bonds is 7. The monoisotopic (exact) mass is 525 g/mol. The van der Waals surface area contributed by atoms with E-state index in [0.717, 1.165) is 7.11 Å². The Bertz CT molecular complexity index is 1280. The van der Waals surface area contributed by atoms with Crippen LogP contribution in [0, 0.1) is 17.5 Å². The van der Waals surface area contributed by atoms with Gasteiger partial charge in [0.2, 0.25) is 5.82 Å². The van der Waals surface area contributed by atoms with Crippen LogP contribution in [0.3, 0.4) is 0 Å². The van der Waals surface area contributed by atoms with E-state index in [2.05, 4.69) is 20.7 Å². The maximum Gasteiger partial charge on any atom is 0.258 e. The molecule has 12 heteroatoms. The molecule has 0 fully saturated rings. The molecule has 0 heterocycles. The Kier molecular flexibility index (Phi) is 8.26. The molecule has 7 nitrogen and oxygen atoms in total. The van der Waals surface area contributed by atoms with Gasteiger partial charge in [0, 0.05) is 17.4 Å². The molecule has 0 aromatic heterocycles. The molecule has 0 unspecified atom stereocenters. The van der Waals surface area contributed by atoms with Gasteiger partial charge >= 0.3 is 0 Å². The number of hydrogen-bond donors (Lipinski definition) is 3. The van der Waals surface area contributed by atoms with E-state index in [1.54, 1.807) is 24.3 Å². The van der Waals surface area contributed by atoms with Gasteiger partial charge in [-0.2, -0.15) is 4.39 Å². The van der Waals surface area contributed by atoms with Gasteiger partial charge in [-0.3, -0.25) is 4.79 Å². The second-order valence-corrected chi connectivity index (χ2v) is 7.68. The van der Waals surface area contributed by atoms with Crippen molar-refractivity contribution in [1.29, 1.82) is 0 Å². The van der Waals surface area contributed by atoms with Gasteiger partial charge in [0.05, 0.1) is 37.6 Å². The Balaban J connectivity index is 1.68. The van der Waals surface area contributed by atoms with Gasteiger partial charge in [-0.1, -0.05) is 11.6 Å². The van der Waals surface area contributed by atoms with Crippen LogP contribution in [0.5, 0.6) is 17.2 Å². The van der Waals surface area contributed by atoms with Gasteiger partial charge in [-0.05, 0) is 48.6 Å². The molecule has 3 N–H and O–H groups in total. The fourth-order valence-corrected chi connectivity index (χ4v) is 3.47. The fraction of sp³-hybridized carbons (Fsp3) is 0.130. The highest BCUT2D eigenvalue weighted by atomic mass is 35.5. The predicted molar refractivity (Wildman–Crippen MR) is 132 cm³/mol. The van der Waals surface area contributed by atoms with Gasteiger partial charge < -0.3 is 30.2 Å². The predicted octanol–water partition coefficient (Wildman–Crippen LogP) is 5.84. The van der Waals surface area contributed by atoms with Crippen LogP contribution in [0.25, 0.3) is 0 Å². The minimum Gasteiger partial charge on any atom is -0.495 e. The SMILES string of the molecule is COc1cc(OC)c(NC(=S)Nc2ccc(NC(=O)c3cc(F)c(F)c(OC)c3F)cc2)cc1Cl. The molecule has 0 saturated carbocycles. The quantitative estimate of drug-likeness (QED) is 0.264. The molecule has 0 radical (unpaired) electrons. The minimum absolute atomic E-state index is 0.220. The standard InChI is InChI=1S/C23H19ClF3N3O4S/c1-32-17-10-18(33-2)16(9-14(17)24)30-23(35)29-12-6-4-11(5-7-12)28-22(31)13-8-15(25)20(27)21(34-3)19(13)26/h4-10H,1-3H3,(H,28,31)(H2,29,30,35). The zero-order valence-electron chi connectivity index (χ0n) is 18.6. The molecule has 0 aliphatic carbocycles. The van der Waals surface area contributed by atoms with Crippen LogP contribution in [0.1, 0.15) is 10.4 Å².